The topological polar surface area (TPSA) is 0 Å². The average molecular weight is 263 g/mol. The number of rotatable bonds is 1. The van der Waals surface area contributed by atoms with Gasteiger partial charge in [0.1, 0.15) is 5.82 Å². The van der Waals surface area contributed by atoms with Gasteiger partial charge >= 0.3 is 0 Å². The van der Waals surface area contributed by atoms with E-state index in [4.69, 9.17) is 11.6 Å². The van der Waals surface area contributed by atoms with Crippen LogP contribution in [0.3, 0.4) is 0 Å². The highest BCUT2D eigenvalue weighted by Gasteiger charge is 2.16. The van der Waals surface area contributed by atoms with E-state index in [1.54, 1.807) is 12.1 Å². The first kappa shape index (κ1) is 13.1. The van der Waals surface area contributed by atoms with E-state index in [1.165, 1.54) is 6.07 Å². The Balaban J connectivity index is 2.53. The molecule has 0 aliphatic rings. The van der Waals surface area contributed by atoms with Gasteiger partial charge in [0.05, 0.1) is 0 Å². The number of hydrogen-bond acceptors (Lipinski definition) is 0. The van der Waals surface area contributed by atoms with Crippen LogP contribution in [-0.4, -0.2) is 0 Å². The molecular formula is C16H16ClF. The molecule has 0 radical (unpaired) electrons. The first-order chi connectivity index (χ1) is 8.38. The summed E-state index contributed by atoms with van der Waals surface area (Å²) in [5.41, 5.74) is 2.60. The first-order valence-corrected chi connectivity index (χ1v) is 6.32. The van der Waals surface area contributed by atoms with Crippen LogP contribution >= 0.6 is 11.6 Å². The van der Waals surface area contributed by atoms with E-state index in [0.29, 0.717) is 10.6 Å². The maximum absolute atomic E-state index is 13.9. The van der Waals surface area contributed by atoms with Crippen molar-refractivity contribution < 1.29 is 4.39 Å². The molecule has 0 N–H and O–H groups in total. The molecule has 0 aromatic heterocycles. The highest BCUT2D eigenvalue weighted by Crippen LogP contribution is 2.30. The van der Waals surface area contributed by atoms with Gasteiger partial charge in [-0.15, -0.1) is 0 Å². The molecule has 2 heteroatoms. The van der Waals surface area contributed by atoms with Crippen LogP contribution in [0.15, 0.2) is 42.5 Å². The highest BCUT2D eigenvalue weighted by atomic mass is 35.5. The molecule has 0 spiro atoms. The van der Waals surface area contributed by atoms with E-state index in [0.717, 1.165) is 11.1 Å². The van der Waals surface area contributed by atoms with Gasteiger partial charge in [0.15, 0.2) is 0 Å². The van der Waals surface area contributed by atoms with Crippen molar-refractivity contribution in [2.75, 3.05) is 0 Å². The van der Waals surface area contributed by atoms with Crippen LogP contribution in [0.2, 0.25) is 5.02 Å². The van der Waals surface area contributed by atoms with Crippen LogP contribution in [0.25, 0.3) is 11.1 Å². The predicted molar refractivity (Wildman–Crippen MR) is 75.5 cm³/mol. The van der Waals surface area contributed by atoms with Gasteiger partial charge in [-0.2, -0.15) is 0 Å². The minimum atomic E-state index is -0.203. The Kier molecular flexibility index (Phi) is 3.45. The molecule has 0 atom stereocenters. The number of hydrogen-bond donors (Lipinski definition) is 0. The smallest absolute Gasteiger partial charge is 0.131 e. The molecule has 0 amide bonds. The Morgan fingerprint density at radius 2 is 1.56 bits per heavy atom. The third-order valence-corrected chi connectivity index (χ3v) is 3.24. The summed E-state index contributed by atoms with van der Waals surface area (Å²) in [7, 11) is 0. The van der Waals surface area contributed by atoms with Gasteiger partial charge in [-0.05, 0) is 40.8 Å². The van der Waals surface area contributed by atoms with Crippen molar-refractivity contribution in [2.24, 2.45) is 0 Å². The summed E-state index contributed by atoms with van der Waals surface area (Å²) < 4.78 is 13.9. The van der Waals surface area contributed by atoms with Crippen LogP contribution in [0.5, 0.6) is 0 Å². The lowest BCUT2D eigenvalue weighted by Crippen LogP contribution is -2.11. The molecule has 18 heavy (non-hydrogen) atoms. The van der Waals surface area contributed by atoms with Crippen molar-refractivity contribution in [3.63, 3.8) is 0 Å². The molecule has 2 aromatic rings. The van der Waals surface area contributed by atoms with Crippen LogP contribution < -0.4 is 0 Å². The Bertz CT molecular complexity index is 550. The van der Waals surface area contributed by atoms with Crippen LogP contribution in [0, 0.1) is 5.82 Å². The summed E-state index contributed by atoms with van der Waals surface area (Å²) in [5.74, 6) is -0.203. The fourth-order valence-electron chi connectivity index (χ4n) is 1.84. The Morgan fingerprint density at radius 1 is 0.944 bits per heavy atom. The maximum atomic E-state index is 13.9. The lowest BCUT2D eigenvalue weighted by Gasteiger charge is -2.20. The van der Waals surface area contributed by atoms with Gasteiger partial charge in [-0.1, -0.05) is 50.6 Å². The van der Waals surface area contributed by atoms with E-state index in [-0.39, 0.29) is 11.2 Å². The summed E-state index contributed by atoms with van der Waals surface area (Å²) in [6, 6.07) is 12.5. The summed E-state index contributed by atoms with van der Waals surface area (Å²) >= 11 is 5.85. The van der Waals surface area contributed by atoms with Crippen molar-refractivity contribution >= 4 is 11.6 Å². The second kappa shape index (κ2) is 4.74. The minimum Gasteiger partial charge on any atom is -0.206 e. The Labute approximate surface area is 112 Å². The highest BCUT2D eigenvalue weighted by molar-refractivity contribution is 6.30. The third kappa shape index (κ3) is 2.73. The van der Waals surface area contributed by atoms with E-state index < -0.39 is 0 Å². The minimum absolute atomic E-state index is 0.00880. The molecule has 0 saturated heterocycles. The van der Waals surface area contributed by atoms with Crippen molar-refractivity contribution in [3.05, 3.63) is 58.9 Å². The third-order valence-electron chi connectivity index (χ3n) is 2.99. The molecule has 0 fully saturated rings. The van der Waals surface area contributed by atoms with E-state index >= 15 is 0 Å². The lowest BCUT2D eigenvalue weighted by atomic mass is 9.85. The molecule has 2 rings (SSSR count). The average Bonchev–Trinajstić information content (AvgIpc) is 2.29. The monoisotopic (exact) mass is 262 g/mol. The zero-order valence-corrected chi connectivity index (χ0v) is 11.6. The molecule has 0 saturated carbocycles. The van der Waals surface area contributed by atoms with Crippen LogP contribution in [0.1, 0.15) is 26.3 Å². The van der Waals surface area contributed by atoms with Crippen molar-refractivity contribution in [2.45, 2.75) is 26.2 Å². The van der Waals surface area contributed by atoms with E-state index in [9.17, 15) is 4.39 Å². The van der Waals surface area contributed by atoms with Gasteiger partial charge < -0.3 is 0 Å². The normalized spacial score (nSPS) is 11.6. The second-order valence-electron chi connectivity index (χ2n) is 5.45. The molecule has 94 valence electrons. The molecule has 0 heterocycles. The lowest BCUT2D eigenvalue weighted by molar-refractivity contribution is 0.584. The van der Waals surface area contributed by atoms with Crippen molar-refractivity contribution in [1.29, 1.82) is 0 Å². The standard InChI is InChI=1S/C16H16ClF/c1-16(2,3)12-6-9-15(18)14(10-12)11-4-7-13(17)8-5-11/h4-10H,1-3H3. The summed E-state index contributed by atoms with van der Waals surface area (Å²) in [6.45, 7) is 6.35. The summed E-state index contributed by atoms with van der Waals surface area (Å²) in [6.07, 6.45) is 0. The predicted octanol–water partition coefficient (Wildman–Crippen LogP) is 5.44. The van der Waals surface area contributed by atoms with Gasteiger partial charge in [-0.3, -0.25) is 0 Å². The molecule has 0 nitrogen and oxygen atoms in total. The first-order valence-electron chi connectivity index (χ1n) is 5.94. The fraction of sp³-hybridized carbons (Fsp3) is 0.250. The van der Waals surface area contributed by atoms with Gasteiger partial charge in [0.2, 0.25) is 0 Å². The molecule has 0 aliphatic carbocycles. The van der Waals surface area contributed by atoms with E-state index in [1.807, 2.05) is 24.3 Å². The second-order valence-corrected chi connectivity index (χ2v) is 5.89. The molecule has 0 unspecified atom stereocenters. The van der Waals surface area contributed by atoms with Crippen LogP contribution in [-0.2, 0) is 5.41 Å². The molecule has 0 bridgehead atoms. The zero-order chi connectivity index (χ0) is 13.3. The van der Waals surface area contributed by atoms with Gasteiger partial charge in [0.25, 0.3) is 0 Å². The maximum Gasteiger partial charge on any atom is 0.131 e. The number of benzene rings is 2. The molecule has 2 aromatic carbocycles. The van der Waals surface area contributed by atoms with Crippen molar-refractivity contribution in [3.8, 4) is 11.1 Å². The van der Waals surface area contributed by atoms with E-state index in [2.05, 4.69) is 20.8 Å². The van der Waals surface area contributed by atoms with Gasteiger partial charge in [0, 0.05) is 10.6 Å². The Morgan fingerprint density at radius 3 is 2.11 bits per heavy atom. The summed E-state index contributed by atoms with van der Waals surface area (Å²) in [5, 5.41) is 0.658. The SMILES string of the molecule is CC(C)(C)c1ccc(F)c(-c2ccc(Cl)cc2)c1. The number of halogens is 2. The molecule has 0 aliphatic heterocycles. The van der Waals surface area contributed by atoms with Crippen molar-refractivity contribution in [1.82, 2.24) is 0 Å². The largest absolute Gasteiger partial charge is 0.206 e. The Hall–Kier alpha value is -1.34. The van der Waals surface area contributed by atoms with Gasteiger partial charge in [-0.25, -0.2) is 4.39 Å². The quantitative estimate of drug-likeness (QED) is 0.642. The molecular weight excluding hydrogens is 247 g/mol. The zero-order valence-electron chi connectivity index (χ0n) is 10.8. The van der Waals surface area contributed by atoms with Crippen LogP contribution in [0.4, 0.5) is 4.39 Å². The summed E-state index contributed by atoms with van der Waals surface area (Å²) in [4.78, 5) is 0. The fourth-order valence-corrected chi connectivity index (χ4v) is 1.97.